The quantitative estimate of drug-likeness (QED) is 0.155. The number of carboxylic acid groups (broad SMARTS) is 1. The molecule has 0 bridgehead atoms. The third kappa shape index (κ3) is 3.31. The van der Waals surface area contributed by atoms with Gasteiger partial charge in [0.05, 0.1) is 17.4 Å². The Labute approximate surface area is 200 Å². The van der Waals surface area contributed by atoms with Crippen molar-refractivity contribution in [2.45, 2.75) is 57.1 Å². The Kier molecular flexibility index (Phi) is 5.46. The summed E-state index contributed by atoms with van der Waals surface area (Å²) in [6.45, 7) is 5.29. The highest BCUT2D eigenvalue weighted by Crippen LogP contribution is 2.52. The van der Waals surface area contributed by atoms with Crippen LogP contribution < -0.4 is 5.73 Å². The van der Waals surface area contributed by atoms with Gasteiger partial charge in [0.1, 0.15) is 17.6 Å². The van der Waals surface area contributed by atoms with Crippen molar-refractivity contribution in [1.82, 2.24) is 0 Å². The van der Waals surface area contributed by atoms with Crippen LogP contribution in [0.5, 0.6) is 5.75 Å². The maximum atomic E-state index is 13.5. The van der Waals surface area contributed by atoms with Gasteiger partial charge in [-0.05, 0) is 41.4 Å². The zero-order valence-corrected chi connectivity index (χ0v) is 19.5. The summed E-state index contributed by atoms with van der Waals surface area (Å²) in [4.78, 5) is 50.5. The fourth-order valence-electron chi connectivity index (χ4n) is 5.58. The van der Waals surface area contributed by atoms with Crippen LogP contribution >= 0.6 is 0 Å². The Morgan fingerprint density at radius 3 is 2.34 bits per heavy atom. The molecule has 4 rings (SSSR count). The molecule has 0 amide bonds. The van der Waals surface area contributed by atoms with E-state index in [9.17, 15) is 44.7 Å². The van der Waals surface area contributed by atoms with Crippen LogP contribution in [0, 0.1) is 11.8 Å². The van der Waals surface area contributed by atoms with Crippen LogP contribution in [0.15, 0.2) is 23.5 Å². The molecule has 0 saturated heterocycles. The summed E-state index contributed by atoms with van der Waals surface area (Å²) in [6, 6.07) is 0.00387. The van der Waals surface area contributed by atoms with E-state index in [2.05, 4.69) is 0 Å². The van der Waals surface area contributed by atoms with Gasteiger partial charge < -0.3 is 31.3 Å². The van der Waals surface area contributed by atoms with Gasteiger partial charge in [0, 0.05) is 23.5 Å². The van der Waals surface area contributed by atoms with Gasteiger partial charge in [0.15, 0.2) is 11.4 Å². The second-order valence-corrected chi connectivity index (χ2v) is 10.5. The molecule has 0 aromatic heterocycles. The summed E-state index contributed by atoms with van der Waals surface area (Å²) in [7, 11) is 0. The fraction of sp³-hybridized carbons (Fsp3) is 0.440. The first-order valence-electron chi connectivity index (χ1n) is 11.2. The number of aliphatic carboxylic acids is 1. The van der Waals surface area contributed by atoms with E-state index in [0.717, 1.165) is 0 Å². The zero-order chi connectivity index (χ0) is 26.2. The van der Waals surface area contributed by atoms with Crippen LogP contribution in [0.1, 0.15) is 61.9 Å². The molecular formula is C25H27NO9. The Hall–Kier alpha value is -3.50. The number of phenolic OH excluding ortho intramolecular Hbond substituents is 1. The second kappa shape index (κ2) is 7.76. The molecule has 2 saturated carbocycles. The molecule has 0 aliphatic heterocycles. The summed E-state index contributed by atoms with van der Waals surface area (Å²) in [5.74, 6) is -7.28. The normalized spacial score (nSPS) is 28.5. The molecule has 1 aromatic rings. The number of carbonyl (C=O) groups excluding carboxylic acids is 3. The highest BCUT2D eigenvalue weighted by Gasteiger charge is 2.62. The number of hydrogen-bond acceptors (Lipinski definition) is 9. The van der Waals surface area contributed by atoms with Crippen LogP contribution in [0.3, 0.4) is 0 Å². The van der Waals surface area contributed by atoms with Crippen molar-refractivity contribution >= 4 is 29.1 Å². The van der Waals surface area contributed by atoms with Crippen LogP contribution in [-0.4, -0.2) is 54.5 Å². The second-order valence-electron chi connectivity index (χ2n) is 10.5. The van der Waals surface area contributed by atoms with Gasteiger partial charge in [0.25, 0.3) is 0 Å². The van der Waals surface area contributed by atoms with Crippen LogP contribution in [0.4, 0.5) is 0 Å². The number of ketones is 3. The maximum absolute atomic E-state index is 13.5. The van der Waals surface area contributed by atoms with Crippen LogP contribution in [0.2, 0.25) is 0 Å². The lowest BCUT2D eigenvalue weighted by atomic mass is 9.57. The van der Waals surface area contributed by atoms with E-state index >= 15 is 0 Å². The summed E-state index contributed by atoms with van der Waals surface area (Å²) < 4.78 is 0. The Balaban J connectivity index is 1.99. The van der Waals surface area contributed by atoms with Gasteiger partial charge in [-0.3, -0.25) is 19.2 Å². The first kappa shape index (κ1) is 24.6. The molecule has 2 fully saturated rings. The van der Waals surface area contributed by atoms with Gasteiger partial charge in [-0.1, -0.05) is 20.8 Å². The van der Waals surface area contributed by atoms with Crippen molar-refractivity contribution in [2.24, 2.45) is 17.6 Å². The zero-order valence-electron chi connectivity index (χ0n) is 19.5. The lowest BCUT2D eigenvalue weighted by Gasteiger charge is -2.46. The molecule has 3 aliphatic carbocycles. The third-order valence-corrected chi connectivity index (χ3v) is 7.40. The van der Waals surface area contributed by atoms with Gasteiger partial charge in [-0.2, -0.15) is 0 Å². The van der Waals surface area contributed by atoms with Crippen LogP contribution in [-0.2, 0) is 31.0 Å². The number of aliphatic hydroxyl groups is 3. The highest BCUT2D eigenvalue weighted by atomic mass is 16.4. The molecule has 186 valence electrons. The van der Waals surface area contributed by atoms with Crippen molar-refractivity contribution in [1.29, 1.82) is 0 Å². The maximum Gasteiger partial charge on any atom is 0.325 e. The van der Waals surface area contributed by atoms with E-state index in [4.69, 9.17) is 5.73 Å². The lowest BCUT2D eigenvalue weighted by molar-refractivity contribution is -0.160. The van der Waals surface area contributed by atoms with E-state index in [1.165, 1.54) is 6.07 Å². The predicted molar refractivity (Wildman–Crippen MR) is 122 cm³/mol. The number of rotatable bonds is 2. The van der Waals surface area contributed by atoms with Crippen molar-refractivity contribution in [3.05, 3.63) is 45.7 Å². The van der Waals surface area contributed by atoms with Crippen molar-refractivity contribution in [3.63, 3.8) is 0 Å². The molecule has 10 heteroatoms. The number of phenols is 1. The first-order valence-corrected chi connectivity index (χ1v) is 11.2. The molecule has 4 atom stereocenters. The minimum atomic E-state index is -2.66. The SMILES string of the molecule is CC(C)(C)c1cc(C(N)C(=O)O)c2c(c1O)C(O)=C1C(=O)[C@]3(O)C(=O)C(=CO)C(=O)C[C@@H]3C[C@@H]1C2. The predicted octanol–water partition coefficient (Wildman–Crippen LogP) is 1.52. The summed E-state index contributed by atoms with van der Waals surface area (Å²) in [6.07, 6.45) is -0.148. The Morgan fingerprint density at radius 2 is 1.80 bits per heavy atom. The van der Waals surface area contributed by atoms with E-state index in [1.54, 1.807) is 20.8 Å². The fourth-order valence-corrected chi connectivity index (χ4v) is 5.58. The third-order valence-electron chi connectivity index (χ3n) is 7.40. The minimum Gasteiger partial charge on any atom is -0.515 e. The lowest BCUT2D eigenvalue weighted by Crippen LogP contribution is -2.62. The number of carboxylic acids is 1. The highest BCUT2D eigenvalue weighted by molar-refractivity contribution is 6.34. The van der Waals surface area contributed by atoms with Crippen molar-refractivity contribution < 1.29 is 44.7 Å². The largest absolute Gasteiger partial charge is 0.515 e. The van der Waals surface area contributed by atoms with Gasteiger partial charge >= 0.3 is 5.97 Å². The molecule has 7 N–H and O–H groups in total. The smallest absolute Gasteiger partial charge is 0.325 e. The number of fused-ring (bicyclic) bond motifs is 3. The standard InChI is InChI=1S/C25H27NO9/c1-24(2,3)14-7-12(18(26)23(33)34)11-5-9-4-10-6-15(28)13(8-27)21(31)25(10,35)22(32)16(9)20(30)17(11)19(14)29/h7-10,18,27,29-30,35H,4-6,26H2,1-3H3,(H,33,34)/t9-,10+,18?,25-/m1/s1. The van der Waals surface area contributed by atoms with Crippen molar-refractivity contribution in [2.75, 3.05) is 0 Å². The molecule has 0 heterocycles. The van der Waals surface area contributed by atoms with E-state index in [1.807, 2.05) is 0 Å². The molecule has 0 spiro atoms. The monoisotopic (exact) mass is 485 g/mol. The number of nitrogens with two attached hydrogens (primary N) is 1. The molecular weight excluding hydrogens is 458 g/mol. The topological polar surface area (TPSA) is 195 Å². The average Bonchev–Trinajstić information content (AvgIpc) is 2.75. The number of hydrogen-bond donors (Lipinski definition) is 6. The minimum absolute atomic E-state index is 0.00752. The van der Waals surface area contributed by atoms with Crippen LogP contribution in [0.25, 0.3) is 5.76 Å². The summed E-state index contributed by atoms with van der Waals surface area (Å²) in [5.41, 5.74) is 2.16. The molecule has 1 aromatic carbocycles. The number of aliphatic hydroxyl groups excluding tert-OH is 2. The Morgan fingerprint density at radius 1 is 1.17 bits per heavy atom. The number of carbonyl (C=O) groups is 4. The number of aromatic hydroxyl groups is 1. The van der Waals surface area contributed by atoms with Crippen molar-refractivity contribution in [3.8, 4) is 5.75 Å². The summed E-state index contributed by atoms with van der Waals surface area (Å²) >= 11 is 0. The molecule has 0 radical (unpaired) electrons. The molecule has 3 aliphatic rings. The first-order chi connectivity index (χ1) is 16.2. The molecule has 1 unspecified atom stereocenters. The van der Waals surface area contributed by atoms with Gasteiger partial charge in [-0.25, -0.2) is 0 Å². The van der Waals surface area contributed by atoms with E-state index in [-0.39, 0.29) is 53.5 Å². The summed E-state index contributed by atoms with van der Waals surface area (Å²) in [5, 5.41) is 52.5. The molecule has 10 nitrogen and oxygen atoms in total. The van der Waals surface area contributed by atoms with E-state index in [0.29, 0.717) is 5.56 Å². The molecule has 35 heavy (non-hydrogen) atoms. The van der Waals surface area contributed by atoms with E-state index < -0.39 is 63.5 Å². The Bertz CT molecular complexity index is 1270. The average molecular weight is 485 g/mol. The van der Waals surface area contributed by atoms with Gasteiger partial charge in [-0.15, -0.1) is 0 Å². The number of Topliss-reactive ketones (excluding diaryl/α,β-unsaturated/α-hetero) is 3. The number of benzene rings is 1. The van der Waals surface area contributed by atoms with Gasteiger partial charge in [0.2, 0.25) is 11.6 Å².